The minimum atomic E-state index is -0.711. The first-order valence-corrected chi connectivity index (χ1v) is 8.74. The summed E-state index contributed by atoms with van der Waals surface area (Å²) in [4.78, 5) is 0. The third-order valence-electron chi connectivity index (χ3n) is 5.54. The molecule has 0 aromatic heterocycles. The van der Waals surface area contributed by atoms with Crippen LogP contribution < -0.4 is 15.2 Å². The Morgan fingerprint density at radius 1 is 0.963 bits per heavy atom. The van der Waals surface area contributed by atoms with Crippen molar-refractivity contribution < 1.29 is 29.2 Å². The van der Waals surface area contributed by atoms with Gasteiger partial charge in [-0.2, -0.15) is 0 Å². The van der Waals surface area contributed by atoms with Crippen LogP contribution in [0.1, 0.15) is 23.3 Å². The van der Waals surface area contributed by atoms with E-state index >= 15 is 0 Å². The van der Waals surface area contributed by atoms with E-state index in [4.69, 9.17) is 24.7 Å². The quantitative estimate of drug-likeness (QED) is 0.755. The lowest BCUT2D eigenvalue weighted by Gasteiger charge is -2.29. The smallest absolute Gasteiger partial charge is 0.160 e. The highest BCUT2D eigenvalue weighted by Gasteiger charge is 2.57. The monoisotopic (exact) mass is 373 g/mol. The van der Waals surface area contributed by atoms with E-state index < -0.39 is 5.54 Å². The van der Waals surface area contributed by atoms with E-state index in [0.717, 1.165) is 11.1 Å². The molecule has 0 saturated carbocycles. The average Bonchev–Trinajstić information content (AvgIpc) is 3.17. The molecule has 4 N–H and O–H groups in total. The lowest BCUT2D eigenvalue weighted by atomic mass is 9.78. The topological polar surface area (TPSA) is 103 Å². The molecule has 2 aliphatic rings. The van der Waals surface area contributed by atoms with Gasteiger partial charge in [-0.15, -0.1) is 0 Å². The Morgan fingerprint density at radius 3 is 2.19 bits per heavy atom. The summed E-state index contributed by atoms with van der Waals surface area (Å²) in [7, 11) is 3.01. The number of phenolic OH excluding ortho intramolecular Hbond substituents is 2. The van der Waals surface area contributed by atoms with Gasteiger partial charge in [0.15, 0.2) is 23.0 Å². The molecule has 27 heavy (non-hydrogen) atoms. The molecular formula is C20H23NO6. The van der Waals surface area contributed by atoms with Crippen LogP contribution in [0, 0.1) is 5.92 Å². The molecule has 2 saturated heterocycles. The number of rotatable bonds is 4. The Bertz CT molecular complexity index is 856. The van der Waals surface area contributed by atoms with E-state index in [1.54, 1.807) is 30.3 Å². The Labute approximate surface area is 157 Å². The van der Waals surface area contributed by atoms with Crippen LogP contribution in [0.25, 0.3) is 0 Å². The zero-order chi connectivity index (χ0) is 19.2. The number of nitrogens with two attached hydrogens (primary N) is 1. The van der Waals surface area contributed by atoms with Crippen molar-refractivity contribution in [3.8, 4) is 23.0 Å². The van der Waals surface area contributed by atoms with Crippen molar-refractivity contribution in [3.63, 3.8) is 0 Å². The van der Waals surface area contributed by atoms with Gasteiger partial charge >= 0.3 is 0 Å². The molecule has 0 bridgehead atoms. The molecule has 4 atom stereocenters. The zero-order valence-electron chi connectivity index (χ0n) is 15.2. The summed E-state index contributed by atoms with van der Waals surface area (Å²) in [5.74, 6) is 0.858. The maximum absolute atomic E-state index is 9.84. The highest BCUT2D eigenvalue weighted by atomic mass is 16.5. The SMILES string of the molecule is COc1cc([C@H]2OC[C@@]3(N)C2CO[C@@H]3c2ccc(O)c(OC)c2)ccc1O. The van der Waals surface area contributed by atoms with Gasteiger partial charge in [0.2, 0.25) is 0 Å². The van der Waals surface area contributed by atoms with Crippen molar-refractivity contribution in [3.05, 3.63) is 47.5 Å². The van der Waals surface area contributed by atoms with Gasteiger partial charge in [-0.3, -0.25) is 0 Å². The van der Waals surface area contributed by atoms with Gasteiger partial charge in [-0.1, -0.05) is 12.1 Å². The van der Waals surface area contributed by atoms with Gasteiger partial charge in [0.05, 0.1) is 39.1 Å². The van der Waals surface area contributed by atoms with Crippen molar-refractivity contribution in [2.24, 2.45) is 11.7 Å². The average molecular weight is 373 g/mol. The summed E-state index contributed by atoms with van der Waals surface area (Å²) >= 11 is 0. The zero-order valence-corrected chi connectivity index (χ0v) is 15.2. The molecule has 2 heterocycles. The second-order valence-corrected chi connectivity index (χ2v) is 7.03. The van der Waals surface area contributed by atoms with Crippen LogP contribution in [0.2, 0.25) is 0 Å². The van der Waals surface area contributed by atoms with E-state index in [-0.39, 0.29) is 29.6 Å². The van der Waals surface area contributed by atoms with Gasteiger partial charge in [0, 0.05) is 5.92 Å². The van der Waals surface area contributed by atoms with Crippen LogP contribution in [-0.2, 0) is 9.47 Å². The summed E-state index contributed by atoms with van der Waals surface area (Å²) in [6.07, 6.45) is -0.630. The Kier molecular flexibility index (Phi) is 4.38. The van der Waals surface area contributed by atoms with Crippen molar-refractivity contribution >= 4 is 0 Å². The second-order valence-electron chi connectivity index (χ2n) is 7.03. The maximum atomic E-state index is 9.84. The largest absolute Gasteiger partial charge is 0.504 e. The number of methoxy groups -OCH3 is 2. The number of ether oxygens (including phenoxy) is 4. The third kappa shape index (κ3) is 2.79. The molecule has 2 aromatic rings. The first-order valence-electron chi connectivity index (χ1n) is 8.74. The number of hydrogen-bond acceptors (Lipinski definition) is 7. The van der Waals surface area contributed by atoms with Crippen molar-refractivity contribution in [2.75, 3.05) is 27.4 Å². The molecular weight excluding hydrogens is 350 g/mol. The normalized spacial score (nSPS) is 29.5. The van der Waals surface area contributed by atoms with Crippen molar-refractivity contribution in [1.82, 2.24) is 0 Å². The number of fused-ring (bicyclic) bond motifs is 1. The minimum absolute atomic E-state index is 0.0588. The minimum Gasteiger partial charge on any atom is -0.504 e. The van der Waals surface area contributed by atoms with Gasteiger partial charge < -0.3 is 34.9 Å². The summed E-state index contributed by atoms with van der Waals surface area (Å²) in [6.45, 7) is 0.775. The van der Waals surface area contributed by atoms with Crippen LogP contribution in [0.5, 0.6) is 23.0 Å². The Balaban J connectivity index is 1.64. The molecule has 0 spiro atoms. The summed E-state index contributed by atoms with van der Waals surface area (Å²) in [5, 5.41) is 19.7. The first kappa shape index (κ1) is 17.9. The molecule has 1 unspecified atom stereocenters. The first-order chi connectivity index (χ1) is 13.0. The molecule has 0 radical (unpaired) electrons. The molecule has 4 rings (SSSR count). The van der Waals surface area contributed by atoms with E-state index in [1.807, 2.05) is 6.07 Å². The van der Waals surface area contributed by atoms with E-state index in [9.17, 15) is 10.2 Å². The van der Waals surface area contributed by atoms with Crippen LogP contribution in [0.15, 0.2) is 36.4 Å². The molecule has 0 amide bonds. The molecule has 7 nitrogen and oxygen atoms in total. The molecule has 2 aliphatic heterocycles. The summed E-state index contributed by atoms with van der Waals surface area (Å²) in [6, 6.07) is 10.3. The molecule has 7 heteroatoms. The lowest BCUT2D eigenvalue weighted by molar-refractivity contribution is 0.0142. The maximum Gasteiger partial charge on any atom is 0.160 e. The lowest BCUT2D eigenvalue weighted by Crippen LogP contribution is -2.48. The van der Waals surface area contributed by atoms with Gasteiger partial charge in [-0.05, 0) is 35.4 Å². The fourth-order valence-corrected chi connectivity index (χ4v) is 4.07. The van der Waals surface area contributed by atoms with E-state index in [2.05, 4.69) is 0 Å². The highest BCUT2D eigenvalue weighted by molar-refractivity contribution is 5.45. The second kappa shape index (κ2) is 6.60. The molecule has 144 valence electrons. The van der Waals surface area contributed by atoms with Crippen LogP contribution in [0.3, 0.4) is 0 Å². The summed E-state index contributed by atoms with van der Waals surface area (Å²) in [5.41, 5.74) is 7.77. The number of phenols is 2. The van der Waals surface area contributed by atoms with Crippen molar-refractivity contribution in [2.45, 2.75) is 17.7 Å². The number of aromatic hydroxyl groups is 2. The molecule has 2 fully saturated rings. The predicted molar refractivity (Wildman–Crippen MR) is 97.1 cm³/mol. The highest BCUT2D eigenvalue weighted by Crippen LogP contribution is 2.52. The third-order valence-corrected chi connectivity index (χ3v) is 5.54. The van der Waals surface area contributed by atoms with Crippen molar-refractivity contribution in [1.29, 1.82) is 0 Å². The number of benzene rings is 2. The number of hydrogen-bond donors (Lipinski definition) is 3. The Hall–Kier alpha value is -2.48. The Morgan fingerprint density at radius 2 is 1.56 bits per heavy atom. The van der Waals surface area contributed by atoms with Gasteiger partial charge in [0.25, 0.3) is 0 Å². The van der Waals surface area contributed by atoms with E-state index in [0.29, 0.717) is 24.7 Å². The molecule has 0 aliphatic carbocycles. The predicted octanol–water partition coefficient (Wildman–Crippen LogP) is 2.27. The summed E-state index contributed by atoms with van der Waals surface area (Å²) < 4.78 is 22.5. The van der Waals surface area contributed by atoms with Crippen LogP contribution >= 0.6 is 0 Å². The fraction of sp³-hybridized carbons (Fsp3) is 0.400. The van der Waals surface area contributed by atoms with Crippen LogP contribution in [0.4, 0.5) is 0 Å². The van der Waals surface area contributed by atoms with Gasteiger partial charge in [-0.25, -0.2) is 0 Å². The van der Waals surface area contributed by atoms with E-state index in [1.165, 1.54) is 14.2 Å². The van der Waals surface area contributed by atoms with Gasteiger partial charge in [0.1, 0.15) is 6.10 Å². The van der Waals surface area contributed by atoms with Crippen LogP contribution in [-0.4, -0.2) is 43.2 Å². The standard InChI is InChI=1S/C20H23NO6/c1-24-16-7-11(3-5-14(16)22)18-13-9-26-19(20(13,21)10-27-18)12-4-6-15(23)17(8-12)25-2/h3-8,13,18-19,22-23H,9-10,21H2,1-2H3/t13?,18-,19-,20-/m1/s1. The molecule has 2 aromatic carbocycles. The fourth-order valence-electron chi connectivity index (χ4n) is 4.07.